The molecule has 1 aromatic rings. The average molecular weight is 443 g/mol. The largest absolute Gasteiger partial charge is 0.476 e. The molecule has 0 radical (unpaired) electrons. The van der Waals surface area contributed by atoms with Gasteiger partial charge in [-0.25, -0.2) is 4.79 Å². The number of rotatable bonds is 16. The predicted octanol–water partition coefficient (Wildman–Crippen LogP) is 0.925. The molecule has 1 aromatic carbocycles. The van der Waals surface area contributed by atoms with E-state index in [4.69, 9.17) is 19.3 Å². The van der Waals surface area contributed by atoms with Crippen LogP contribution in [0.1, 0.15) is 12.8 Å². The zero-order valence-electron chi connectivity index (χ0n) is 16.3. The van der Waals surface area contributed by atoms with Crippen molar-refractivity contribution < 1.29 is 43.5 Å². The van der Waals surface area contributed by atoms with Crippen molar-refractivity contribution in [3.05, 3.63) is 38.4 Å². The Balaban J connectivity index is 2.11. The van der Waals surface area contributed by atoms with E-state index in [1.54, 1.807) is 0 Å². The molecule has 14 heteroatoms. The number of aliphatic carboxylic acids is 1. The number of hydrogen-bond donors (Lipinski definition) is 2. The van der Waals surface area contributed by atoms with Crippen LogP contribution in [0, 0.1) is 20.2 Å². The number of nitrogens with one attached hydrogen (secondary N) is 1. The van der Waals surface area contributed by atoms with E-state index in [1.165, 1.54) is 6.07 Å². The molecule has 0 bridgehead atoms. The fourth-order valence-corrected chi connectivity index (χ4v) is 2.12. The summed E-state index contributed by atoms with van der Waals surface area (Å²) in [5, 5.41) is 32.9. The molecule has 170 valence electrons. The van der Waals surface area contributed by atoms with Gasteiger partial charge in [0, 0.05) is 19.0 Å². The van der Waals surface area contributed by atoms with Crippen LogP contribution < -0.4 is 5.32 Å². The highest BCUT2D eigenvalue weighted by atomic mass is 16.6. The number of ether oxygens (including phenoxy) is 3. The number of nitro benzene ring substituents is 2. The second-order valence-electron chi connectivity index (χ2n) is 5.82. The highest BCUT2D eigenvalue weighted by Gasteiger charge is 2.19. The van der Waals surface area contributed by atoms with E-state index < -0.39 is 39.7 Å². The summed E-state index contributed by atoms with van der Waals surface area (Å²) in [5.74, 6) is -3.37. The molecule has 14 nitrogen and oxygen atoms in total. The quantitative estimate of drug-likeness (QED) is 0.121. The number of hydrogen-bond acceptors (Lipinski definition) is 11. The van der Waals surface area contributed by atoms with E-state index in [2.05, 4.69) is 5.32 Å². The highest BCUT2D eigenvalue weighted by Crippen LogP contribution is 2.28. The van der Waals surface area contributed by atoms with Gasteiger partial charge in [-0.1, -0.05) is 0 Å². The Labute approximate surface area is 175 Å². The number of Topliss-reactive ketones (excluding diaryl/α,β-unsaturated/α-hetero) is 1. The highest BCUT2D eigenvalue weighted by molar-refractivity contribution is 6.32. The van der Waals surface area contributed by atoms with E-state index in [1.807, 2.05) is 0 Å². The smallest absolute Gasteiger partial charge is 0.372 e. The van der Waals surface area contributed by atoms with E-state index in [-0.39, 0.29) is 57.4 Å². The van der Waals surface area contributed by atoms with Crippen LogP contribution >= 0.6 is 0 Å². The first-order valence-electron chi connectivity index (χ1n) is 8.96. The van der Waals surface area contributed by atoms with Gasteiger partial charge >= 0.3 is 11.9 Å². The van der Waals surface area contributed by atoms with Crippen LogP contribution in [-0.4, -0.2) is 72.3 Å². The number of carboxylic acid groups (broad SMARTS) is 1. The first kappa shape index (κ1) is 25.4. The zero-order chi connectivity index (χ0) is 23.2. The minimum absolute atomic E-state index is 0.0640. The number of anilines is 1. The summed E-state index contributed by atoms with van der Waals surface area (Å²) < 4.78 is 15.2. The maximum atomic E-state index is 11.3. The molecule has 0 saturated heterocycles. The Kier molecular flexibility index (Phi) is 11.1. The van der Waals surface area contributed by atoms with Crippen LogP contribution in [0.3, 0.4) is 0 Å². The van der Waals surface area contributed by atoms with Crippen molar-refractivity contribution in [2.45, 2.75) is 12.8 Å². The molecular weight excluding hydrogens is 422 g/mol. The molecule has 0 aliphatic rings. The minimum atomic E-state index is -1.60. The van der Waals surface area contributed by atoms with Crippen LogP contribution in [0.4, 0.5) is 17.1 Å². The number of carbonyl (C=O) groups is 3. The van der Waals surface area contributed by atoms with Crippen LogP contribution in [0.25, 0.3) is 0 Å². The van der Waals surface area contributed by atoms with E-state index in [9.17, 15) is 34.6 Å². The number of carboxylic acids is 1. The summed E-state index contributed by atoms with van der Waals surface area (Å²) >= 11 is 0. The average Bonchev–Trinajstić information content (AvgIpc) is 2.72. The van der Waals surface area contributed by atoms with Crippen molar-refractivity contribution in [3.63, 3.8) is 0 Å². The summed E-state index contributed by atoms with van der Waals surface area (Å²) in [6, 6.07) is 3.27. The van der Waals surface area contributed by atoms with Gasteiger partial charge in [-0.05, 0) is 6.07 Å². The molecule has 0 fully saturated rings. The van der Waals surface area contributed by atoms with E-state index >= 15 is 0 Å². The fraction of sp³-hybridized carbons (Fsp3) is 0.471. The molecule has 0 saturated carbocycles. The third kappa shape index (κ3) is 10.1. The molecule has 31 heavy (non-hydrogen) atoms. The van der Waals surface area contributed by atoms with Crippen molar-refractivity contribution in [2.75, 3.05) is 44.9 Å². The number of esters is 1. The number of nitrogens with zero attached hydrogens (tertiary/aromatic N) is 2. The van der Waals surface area contributed by atoms with Gasteiger partial charge in [0.1, 0.15) is 12.3 Å². The summed E-state index contributed by atoms with van der Waals surface area (Å²) in [5.41, 5.74) is -0.674. The second kappa shape index (κ2) is 13.6. The van der Waals surface area contributed by atoms with Gasteiger partial charge in [0.2, 0.25) is 5.78 Å². The second-order valence-corrected chi connectivity index (χ2v) is 5.82. The Bertz CT molecular complexity index is 813. The third-order valence-corrected chi connectivity index (χ3v) is 3.61. The first-order chi connectivity index (χ1) is 14.7. The zero-order valence-corrected chi connectivity index (χ0v) is 16.3. The molecule has 0 unspecified atom stereocenters. The number of non-ortho nitro benzene ring substituents is 1. The van der Waals surface area contributed by atoms with Gasteiger partial charge in [0.25, 0.3) is 11.4 Å². The normalized spacial score (nSPS) is 10.3. The molecule has 0 amide bonds. The lowest BCUT2D eigenvalue weighted by atomic mass is 10.2. The van der Waals surface area contributed by atoms with Crippen molar-refractivity contribution in [3.8, 4) is 0 Å². The summed E-state index contributed by atoms with van der Waals surface area (Å²) in [7, 11) is 0. The van der Waals surface area contributed by atoms with Gasteiger partial charge in [-0.2, -0.15) is 0 Å². The van der Waals surface area contributed by atoms with Crippen LogP contribution in [-0.2, 0) is 28.6 Å². The molecule has 2 N–H and O–H groups in total. The lowest BCUT2D eigenvalue weighted by Gasteiger charge is -2.09. The molecule has 0 heterocycles. The molecule has 0 aliphatic heterocycles. The Morgan fingerprint density at radius 3 is 2.19 bits per heavy atom. The van der Waals surface area contributed by atoms with Gasteiger partial charge in [-0.15, -0.1) is 0 Å². The third-order valence-electron chi connectivity index (χ3n) is 3.61. The van der Waals surface area contributed by atoms with E-state index in [0.29, 0.717) is 0 Å². The molecule has 0 aromatic heterocycles. The Morgan fingerprint density at radius 1 is 0.935 bits per heavy atom. The molecule has 0 atom stereocenters. The Morgan fingerprint density at radius 2 is 1.58 bits per heavy atom. The van der Waals surface area contributed by atoms with Gasteiger partial charge in [0.05, 0.1) is 48.8 Å². The molecule has 0 aliphatic carbocycles. The minimum Gasteiger partial charge on any atom is -0.476 e. The summed E-state index contributed by atoms with van der Waals surface area (Å²) in [6.07, 6.45) is -0.756. The van der Waals surface area contributed by atoms with Crippen LogP contribution in [0.5, 0.6) is 0 Å². The Hall–Kier alpha value is -3.65. The van der Waals surface area contributed by atoms with Crippen molar-refractivity contribution >= 4 is 34.8 Å². The standard InChI is InChI=1S/C17H21N3O11/c21-15(17(23)24)3-4-16(22)31-10-9-30-8-7-29-6-5-18-13-2-1-12(19(25)26)11-14(13)20(27)28/h1-2,11,18H,3-10H2,(H,23,24). The predicted molar refractivity (Wildman–Crippen MR) is 103 cm³/mol. The fourth-order valence-electron chi connectivity index (χ4n) is 2.12. The maximum Gasteiger partial charge on any atom is 0.372 e. The van der Waals surface area contributed by atoms with Gasteiger partial charge in [0.15, 0.2) is 0 Å². The maximum absolute atomic E-state index is 11.3. The van der Waals surface area contributed by atoms with E-state index in [0.717, 1.165) is 12.1 Å². The SMILES string of the molecule is O=C(CCC(=O)C(=O)O)OCCOCCOCCNc1ccc([N+](=O)[O-])cc1[N+](=O)[O-]. The lowest BCUT2D eigenvalue weighted by Crippen LogP contribution is -2.17. The molecule has 1 rings (SSSR count). The van der Waals surface area contributed by atoms with Crippen molar-refractivity contribution in [2.24, 2.45) is 0 Å². The first-order valence-corrected chi connectivity index (χ1v) is 8.96. The van der Waals surface area contributed by atoms with Crippen molar-refractivity contribution in [1.82, 2.24) is 0 Å². The topological polar surface area (TPSA) is 197 Å². The summed E-state index contributed by atoms with van der Waals surface area (Å²) in [4.78, 5) is 52.7. The van der Waals surface area contributed by atoms with Gasteiger partial charge < -0.3 is 24.6 Å². The molecule has 0 spiro atoms. The van der Waals surface area contributed by atoms with Crippen LogP contribution in [0.15, 0.2) is 18.2 Å². The lowest BCUT2D eigenvalue weighted by molar-refractivity contribution is -0.393. The van der Waals surface area contributed by atoms with Crippen molar-refractivity contribution in [1.29, 1.82) is 0 Å². The van der Waals surface area contributed by atoms with Crippen LogP contribution in [0.2, 0.25) is 0 Å². The summed E-state index contributed by atoms with van der Waals surface area (Å²) in [6.45, 7) is 0.800. The van der Waals surface area contributed by atoms with Gasteiger partial charge in [-0.3, -0.25) is 29.8 Å². The number of nitro groups is 2. The number of ketones is 1. The monoisotopic (exact) mass is 443 g/mol. The number of carbonyl (C=O) groups excluding carboxylic acids is 2. The number of benzene rings is 1. The molecular formula is C17H21N3O11.